The number of hydrogen-bond acceptors (Lipinski definition) is 2. The number of hydrogen-bond donors (Lipinski definition) is 0. The molecule has 24 heavy (non-hydrogen) atoms. The molecule has 0 saturated heterocycles. The van der Waals surface area contributed by atoms with Crippen molar-refractivity contribution in [1.82, 2.24) is 0 Å². The second-order valence-electron chi connectivity index (χ2n) is 6.17. The van der Waals surface area contributed by atoms with Gasteiger partial charge in [0, 0.05) is 0 Å². The Hall–Kier alpha value is -2.23. The Morgan fingerprint density at radius 1 is 0.958 bits per heavy atom. The van der Waals surface area contributed by atoms with E-state index < -0.39 is 11.6 Å². The summed E-state index contributed by atoms with van der Waals surface area (Å²) >= 11 is 0. The molecule has 0 bridgehead atoms. The molecular formula is C20H21F2NO. The van der Waals surface area contributed by atoms with Crippen molar-refractivity contribution in [3.63, 3.8) is 0 Å². The van der Waals surface area contributed by atoms with Gasteiger partial charge >= 0.3 is 0 Å². The molecule has 1 saturated carbocycles. The zero-order chi connectivity index (χ0) is 16.8. The van der Waals surface area contributed by atoms with E-state index in [1.165, 1.54) is 55.9 Å². The highest BCUT2D eigenvalue weighted by atomic mass is 19.1. The van der Waals surface area contributed by atoms with E-state index in [2.05, 4.69) is 11.2 Å². The molecule has 1 aliphatic carbocycles. The van der Waals surface area contributed by atoms with Crippen LogP contribution in [0.15, 0.2) is 47.6 Å². The van der Waals surface area contributed by atoms with Gasteiger partial charge in [0.2, 0.25) is 0 Å². The van der Waals surface area contributed by atoms with Crippen LogP contribution in [-0.4, -0.2) is 6.21 Å². The summed E-state index contributed by atoms with van der Waals surface area (Å²) in [5.74, 6) is -0.675. The minimum Gasteiger partial charge on any atom is -0.391 e. The lowest BCUT2D eigenvalue weighted by Crippen LogP contribution is -2.07. The molecule has 0 aromatic heterocycles. The third kappa shape index (κ3) is 3.99. The number of benzene rings is 2. The zero-order valence-corrected chi connectivity index (χ0v) is 13.6. The smallest absolute Gasteiger partial charge is 0.147 e. The van der Waals surface area contributed by atoms with Gasteiger partial charge in [-0.25, -0.2) is 8.78 Å². The molecule has 0 radical (unpaired) electrons. The van der Waals surface area contributed by atoms with Crippen LogP contribution >= 0.6 is 0 Å². The molecule has 4 heteroatoms. The Morgan fingerprint density at radius 2 is 1.67 bits per heavy atom. The summed E-state index contributed by atoms with van der Waals surface area (Å²) in [6.07, 6.45) is 7.88. The lowest BCUT2D eigenvalue weighted by Gasteiger charge is -2.23. The number of oxime groups is 1. The normalized spacial score (nSPS) is 15.8. The molecule has 126 valence electrons. The molecular weight excluding hydrogens is 308 g/mol. The van der Waals surface area contributed by atoms with E-state index in [-0.39, 0.29) is 12.2 Å². The molecule has 0 N–H and O–H groups in total. The third-order valence-corrected chi connectivity index (χ3v) is 4.58. The van der Waals surface area contributed by atoms with Gasteiger partial charge < -0.3 is 4.84 Å². The van der Waals surface area contributed by atoms with Crippen LogP contribution in [0, 0.1) is 11.6 Å². The zero-order valence-electron chi connectivity index (χ0n) is 13.6. The van der Waals surface area contributed by atoms with Gasteiger partial charge in [-0.2, -0.15) is 0 Å². The standard InChI is InChI=1S/C20H21F2NO/c21-19-11-6-12-20(22)18(19)14-24-23-13-16-9-4-5-10-17(16)15-7-2-1-3-8-15/h4-6,9-13,15H,1-3,7-8,14H2. The highest BCUT2D eigenvalue weighted by Gasteiger charge is 2.17. The summed E-state index contributed by atoms with van der Waals surface area (Å²) in [5, 5.41) is 3.92. The maximum atomic E-state index is 13.5. The van der Waals surface area contributed by atoms with Gasteiger partial charge in [-0.15, -0.1) is 0 Å². The molecule has 0 unspecified atom stereocenters. The Balaban J connectivity index is 1.66. The largest absolute Gasteiger partial charge is 0.391 e. The first-order valence-corrected chi connectivity index (χ1v) is 8.43. The summed E-state index contributed by atoms with van der Waals surface area (Å²) in [6, 6.07) is 11.9. The number of halogens is 2. The van der Waals surface area contributed by atoms with Crippen molar-refractivity contribution in [3.8, 4) is 0 Å². The molecule has 2 aromatic carbocycles. The molecule has 1 aliphatic rings. The summed E-state index contributed by atoms with van der Waals surface area (Å²) in [5.41, 5.74) is 2.19. The summed E-state index contributed by atoms with van der Waals surface area (Å²) < 4.78 is 27.1. The van der Waals surface area contributed by atoms with E-state index in [0.717, 1.165) is 5.56 Å². The van der Waals surface area contributed by atoms with E-state index in [1.807, 2.05) is 18.2 Å². The second-order valence-corrected chi connectivity index (χ2v) is 6.17. The Morgan fingerprint density at radius 3 is 2.42 bits per heavy atom. The second kappa shape index (κ2) is 8.04. The lowest BCUT2D eigenvalue weighted by molar-refractivity contribution is 0.126. The maximum absolute atomic E-state index is 13.5. The molecule has 3 rings (SSSR count). The molecule has 0 atom stereocenters. The molecule has 2 nitrogen and oxygen atoms in total. The molecule has 0 aliphatic heterocycles. The van der Waals surface area contributed by atoms with Crippen molar-refractivity contribution in [1.29, 1.82) is 0 Å². The molecule has 0 heterocycles. The predicted octanol–water partition coefficient (Wildman–Crippen LogP) is 5.56. The van der Waals surface area contributed by atoms with Gasteiger partial charge in [-0.3, -0.25) is 0 Å². The fraction of sp³-hybridized carbons (Fsp3) is 0.350. The van der Waals surface area contributed by atoms with E-state index in [9.17, 15) is 8.78 Å². The number of nitrogens with zero attached hydrogens (tertiary/aromatic N) is 1. The van der Waals surface area contributed by atoms with Gasteiger partial charge in [-0.05, 0) is 42.0 Å². The van der Waals surface area contributed by atoms with Crippen molar-refractivity contribution in [2.24, 2.45) is 5.16 Å². The fourth-order valence-corrected chi connectivity index (χ4v) is 3.28. The molecule has 0 spiro atoms. The number of rotatable bonds is 5. The van der Waals surface area contributed by atoms with Crippen LogP contribution in [0.25, 0.3) is 0 Å². The highest BCUT2D eigenvalue weighted by Crippen LogP contribution is 2.33. The van der Waals surface area contributed by atoms with Crippen molar-refractivity contribution >= 4 is 6.21 Å². The monoisotopic (exact) mass is 329 g/mol. The first kappa shape index (κ1) is 16.6. The van der Waals surface area contributed by atoms with Crippen LogP contribution in [0.4, 0.5) is 8.78 Å². The molecule has 2 aromatic rings. The minimum absolute atomic E-state index is 0.102. The minimum atomic E-state index is -0.618. The SMILES string of the molecule is Fc1cccc(F)c1CON=Cc1ccccc1C1CCCCC1. The van der Waals surface area contributed by atoms with E-state index in [1.54, 1.807) is 6.21 Å². The van der Waals surface area contributed by atoms with Crippen molar-refractivity contribution < 1.29 is 13.6 Å². The topological polar surface area (TPSA) is 21.6 Å². The molecule has 1 fully saturated rings. The van der Waals surface area contributed by atoms with Gasteiger partial charge in [-0.1, -0.05) is 54.8 Å². The fourth-order valence-electron chi connectivity index (χ4n) is 3.28. The van der Waals surface area contributed by atoms with Gasteiger partial charge in [0.05, 0.1) is 11.8 Å². The van der Waals surface area contributed by atoms with Crippen molar-refractivity contribution in [3.05, 3.63) is 70.8 Å². The van der Waals surface area contributed by atoms with E-state index >= 15 is 0 Å². The molecule has 0 amide bonds. The summed E-state index contributed by atoms with van der Waals surface area (Å²) in [6.45, 7) is -0.222. The Kier molecular flexibility index (Phi) is 5.57. The predicted molar refractivity (Wildman–Crippen MR) is 91.0 cm³/mol. The van der Waals surface area contributed by atoms with Crippen LogP contribution in [0.5, 0.6) is 0 Å². The average molecular weight is 329 g/mol. The Bertz CT molecular complexity index is 688. The third-order valence-electron chi connectivity index (χ3n) is 4.58. The quantitative estimate of drug-likeness (QED) is 0.519. The summed E-state index contributed by atoms with van der Waals surface area (Å²) in [7, 11) is 0. The van der Waals surface area contributed by atoms with Crippen molar-refractivity contribution in [2.75, 3.05) is 0 Å². The summed E-state index contributed by atoms with van der Waals surface area (Å²) in [4.78, 5) is 5.12. The van der Waals surface area contributed by atoms with Crippen LogP contribution in [0.3, 0.4) is 0 Å². The first-order valence-electron chi connectivity index (χ1n) is 8.43. The van der Waals surface area contributed by atoms with Crippen molar-refractivity contribution in [2.45, 2.75) is 44.6 Å². The first-order chi connectivity index (χ1) is 11.8. The highest BCUT2D eigenvalue weighted by molar-refractivity contribution is 5.81. The van der Waals surface area contributed by atoms with Gasteiger partial charge in [0.1, 0.15) is 18.2 Å². The average Bonchev–Trinajstić information content (AvgIpc) is 2.62. The van der Waals surface area contributed by atoms with E-state index in [4.69, 9.17) is 4.84 Å². The van der Waals surface area contributed by atoms with Gasteiger partial charge in [0.25, 0.3) is 0 Å². The van der Waals surface area contributed by atoms with Crippen LogP contribution in [0.1, 0.15) is 54.7 Å². The van der Waals surface area contributed by atoms with Crippen LogP contribution in [0.2, 0.25) is 0 Å². The maximum Gasteiger partial charge on any atom is 0.147 e. The van der Waals surface area contributed by atoms with Gasteiger partial charge in [0.15, 0.2) is 0 Å². The Labute approximate surface area is 141 Å². The van der Waals surface area contributed by atoms with Crippen LogP contribution in [-0.2, 0) is 11.4 Å². The lowest BCUT2D eigenvalue weighted by atomic mass is 9.82. The van der Waals surface area contributed by atoms with Crippen LogP contribution < -0.4 is 0 Å². The van der Waals surface area contributed by atoms with E-state index in [0.29, 0.717) is 5.92 Å².